The summed E-state index contributed by atoms with van der Waals surface area (Å²) < 4.78 is 37.9. The number of hydrogen-bond acceptors (Lipinski definition) is 5. The average molecular weight is 336 g/mol. The molecule has 0 spiro atoms. The molecule has 7 heteroatoms. The van der Waals surface area contributed by atoms with E-state index in [9.17, 15) is 8.42 Å². The number of aryl methyl sites for hydroxylation is 2. The summed E-state index contributed by atoms with van der Waals surface area (Å²) in [6, 6.07) is 7.79. The van der Waals surface area contributed by atoms with Gasteiger partial charge in [0.2, 0.25) is 10.0 Å². The van der Waals surface area contributed by atoms with Gasteiger partial charge in [-0.3, -0.25) is 0 Å². The predicted octanol–water partition coefficient (Wildman–Crippen LogP) is 2.31. The van der Waals surface area contributed by atoms with Crippen LogP contribution in [0.5, 0.6) is 5.75 Å². The van der Waals surface area contributed by atoms with Crippen molar-refractivity contribution in [3.8, 4) is 5.75 Å². The highest BCUT2D eigenvalue weighted by Crippen LogP contribution is 2.48. The number of ether oxygens (including phenoxy) is 1. The van der Waals surface area contributed by atoms with Gasteiger partial charge in [0.15, 0.2) is 5.76 Å². The molecule has 1 aliphatic carbocycles. The van der Waals surface area contributed by atoms with E-state index in [1.54, 1.807) is 21.0 Å². The molecule has 6 nitrogen and oxygen atoms in total. The van der Waals surface area contributed by atoms with Crippen LogP contribution in [0.1, 0.15) is 29.9 Å². The number of methoxy groups -OCH3 is 1. The van der Waals surface area contributed by atoms with Crippen molar-refractivity contribution in [1.82, 2.24) is 9.88 Å². The van der Waals surface area contributed by atoms with Crippen molar-refractivity contribution in [1.29, 1.82) is 0 Å². The molecule has 124 valence electrons. The maximum atomic E-state index is 12.5. The normalized spacial score (nSPS) is 16.3. The lowest BCUT2D eigenvalue weighted by molar-refractivity contribution is 0.390. The molecule has 0 saturated heterocycles. The second-order valence-electron chi connectivity index (χ2n) is 5.99. The number of hydrogen-bond donors (Lipinski definition) is 1. The lowest BCUT2D eigenvalue weighted by Crippen LogP contribution is -2.32. The largest absolute Gasteiger partial charge is 0.497 e. The Morgan fingerprint density at radius 2 is 1.91 bits per heavy atom. The van der Waals surface area contributed by atoms with Crippen LogP contribution in [-0.2, 0) is 15.4 Å². The van der Waals surface area contributed by atoms with Crippen LogP contribution in [0.2, 0.25) is 0 Å². The van der Waals surface area contributed by atoms with Gasteiger partial charge in [0.1, 0.15) is 16.3 Å². The maximum Gasteiger partial charge on any atom is 0.245 e. The molecule has 2 aromatic rings. The van der Waals surface area contributed by atoms with E-state index in [0.29, 0.717) is 18.0 Å². The summed E-state index contributed by atoms with van der Waals surface area (Å²) in [5, 5.41) is 3.71. The minimum atomic E-state index is -3.62. The highest BCUT2D eigenvalue weighted by molar-refractivity contribution is 7.89. The van der Waals surface area contributed by atoms with E-state index in [-0.39, 0.29) is 10.3 Å². The van der Waals surface area contributed by atoms with Gasteiger partial charge < -0.3 is 9.26 Å². The van der Waals surface area contributed by atoms with Crippen LogP contribution in [0, 0.1) is 13.8 Å². The predicted molar refractivity (Wildman–Crippen MR) is 85.1 cm³/mol. The number of nitrogens with one attached hydrogen (secondary N) is 1. The first kappa shape index (κ1) is 16.0. The summed E-state index contributed by atoms with van der Waals surface area (Å²) in [5.41, 5.74) is 1.38. The van der Waals surface area contributed by atoms with Gasteiger partial charge in [0.25, 0.3) is 0 Å². The van der Waals surface area contributed by atoms with Crippen LogP contribution < -0.4 is 9.46 Å². The summed E-state index contributed by atoms with van der Waals surface area (Å²) in [5.74, 6) is 1.10. The molecule has 1 aliphatic rings. The van der Waals surface area contributed by atoms with Crippen LogP contribution in [0.25, 0.3) is 0 Å². The molecule has 1 aromatic heterocycles. The third-order valence-corrected chi connectivity index (χ3v) is 6.04. The molecule has 1 saturated carbocycles. The molecule has 1 heterocycles. The van der Waals surface area contributed by atoms with Gasteiger partial charge in [-0.2, -0.15) is 0 Å². The van der Waals surface area contributed by atoms with Crippen molar-refractivity contribution in [2.45, 2.75) is 37.0 Å². The molecule has 1 aromatic carbocycles. The molecular weight excluding hydrogens is 316 g/mol. The fourth-order valence-electron chi connectivity index (χ4n) is 2.83. The smallest absolute Gasteiger partial charge is 0.245 e. The van der Waals surface area contributed by atoms with E-state index in [1.165, 1.54) is 0 Å². The first-order valence-corrected chi connectivity index (χ1v) is 8.93. The van der Waals surface area contributed by atoms with Crippen molar-refractivity contribution >= 4 is 10.0 Å². The number of sulfonamides is 1. The van der Waals surface area contributed by atoms with Crippen LogP contribution in [0.4, 0.5) is 0 Å². The Hall–Kier alpha value is -1.86. The van der Waals surface area contributed by atoms with E-state index in [0.717, 1.165) is 24.2 Å². The summed E-state index contributed by atoms with van der Waals surface area (Å²) in [6.45, 7) is 3.60. The second kappa shape index (κ2) is 5.65. The highest BCUT2D eigenvalue weighted by atomic mass is 32.2. The van der Waals surface area contributed by atoms with Crippen LogP contribution >= 0.6 is 0 Å². The Balaban J connectivity index is 1.77. The van der Waals surface area contributed by atoms with Gasteiger partial charge in [-0.25, -0.2) is 13.1 Å². The summed E-state index contributed by atoms with van der Waals surface area (Å²) in [7, 11) is -2.00. The van der Waals surface area contributed by atoms with E-state index < -0.39 is 10.0 Å². The second-order valence-corrected chi connectivity index (χ2v) is 7.69. The van der Waals surface area contributed by atoms with E-state index in [2.05, 4.69) is 9.88 Å². The minimum Gasteiger partial charge on any atom is -0.497 e. The molecule has 0 unspecified atom stereocenters. The molecule has 1 N–H and O–H groups in total. The van der Waals surface area contributed by atoms with Crippen LogP contribution in [0.3, 0.4) is 0 Å². The van der Waals surface area contributed by atoms with Gasteiger partial charge in [-0.05, 0) is 44.4 Å². The Bertz CT molecular complexity index is 786. The standard InChI is InChI=1S/C16H20N2O4S/c1-11-15(12(2)22-18-11)23(19,20)17-10-16(8-9-16)13-4-6-14(21-3)7-5-13/h4-7,17H,8-10H2,1-3H3. The lowest BCUT2D eigenvalue weighted by Gasteiger charge is -2.17. The van der Waals surface area contributed by atoms with Crippen molar-refractivity contribution in [2.24, 2.45) is 0 Å². The molecule has 0 bridgehead atoms. The molecule has 0 radical (unpaired) electrons. The number of nitrogens with zero attached hydrogens (tertiary/aromatic N) is 1. The Morgan fingerprint density at radius 1 is 1.26 bits per heavy atom. The first-order chi connectivity index (χ1) is 10.9. The topological polar surface area (TPSA) is 81.4 Å². The zero-order valence-electron chi connectivity index (χ0n) is 13.4. The Labute approximate surface area is 135 Å². The van der Waals surface area contributed by atoms with E-state index in [4.69, 9.17) is 9.26 Å². The van der Waals surface area contributed by atoms with E-state index >= 15 is 0 Å². The molecule has 0 atom stereocenters. The third kappa shape index (κ3) is 2.98. The van der Waals surface area contributed by atoms with Crippen molar-refractivity contribution in [3.63, 3.8) is 0 Å². The Kier molecular flexibility index (Phi) is 3.93. The van der Waals surface area contributed by atoms with Crippen molar-refractivity contribution in [2.75, 3.05) is 13.7 Å². The fraction of sp³-hybridized carbons (Fsp3) is 0.438. The van der Waals surface area contributed by atoms with Gasteiger partial charge in [0.05, 0.1) is 7.11 Å². The number of rotatable bonds is 6. The molecule has 23 heavy (non-hydrogen) atoms. The summed E-state index contributed by atoms with van der Waals surface area (Å²) in [4.78, 5) is 0.142. The molecule has 0 aliphatic heterocycles. The third-order valence-electron chi connectivity index (χ3n) is 4.39. The van der Waals surface area contributed by atoms with Crippen molar-refractivity contribution < 1.29 is 17.7 Å². The average Bonchev–Trinajstić information content (AvgIpc) is 3.25. The highest BCUT2D eigenvalue weighted by Gasteiger charge is 2.45. The van der Waals surface area contributed by atoms with Crippen LogP contribution in [-0.4, -0.2) is 27.2 Å². The van der Waals surface area contributed by atoms with Gasteiger partial charge >= 0.3 is 0 Å². The van der Waals surface area contributed by atoms with Crippen LogP contribution in [0.15, 0.2) is 33.7 Å². The quantitative estimate of drug-likeness (QED) is 0.875. The summed E-state index contributed by atoms with van der Waals surface area (Å²) >= 11 is 0. The maximum absolute atomic E-state index is 12.5. The van der Waals surface area contributed by atoms with E-state index in [1.807, 2.05) is 24.3 Å². The molecular formula is C16H20N2O4S. The zero-order valence-corrected chi connectivity index (χ0v) is 14.2. The zero-order chi connectivity index (χ0) is 16.7. The van der Waals surface area contributed by atoms with Crippen molar-refractivity contribution in [3.05, 3.63) is 41.3 Å². The first-order valence-electron chi connectivity index (χ1n) is 7.45. The fourth-order valence-corrected chi connectivity index (χ4v) is 4.28. The number of benzene rings is 1. The summed E-state index contributed by atoms with van der Waals surface area (Å²) in [6.07, 6.45) is 1.92. The lowest BCUT2D eigenvalue weighted by atomic mass is 9.96. The number of aromatic nitrogens is 1. The Morgan fingerprint density at radius 3 is 2.39 bits per heavy atom. The van der Waals surface area contributed by atoms with Gasteiger partial charge in [0, 0.05) is 12.0 Å². The molecule has 0 amide bonds. The SMILES string of the molecule is COc1ccc(C2(CNS(=O)(=O)c3c(C)noc3C)CC2)cc1. The monoisotopic (exact) mass is 336 g/mol. The van der Waals surface area contributed by atoms with Gasteiger partial charge in [-0.1, -0.05) is 17.3 Å². The minimum absolute atomic E-state index is 0.127. The molecule has 1 fully saturated rings. The molecule has 3 rings (SSSR count). The van der Waals surface area contributed by atoms with Gasteiger partial charge in [-0.15, -0.1) is 0 Å².